The Kier molecular flexibility index (Phi) is 9.84. The van der Waals surface area contributed by atoms with Crippen LogP contribution in [0.1, 0.15) is 58.4 Å². The molecule has 37 heavy (non-hydrogen) atoms. The number of carbonyl (C=O) groups is 1. The van der Waals surface area contributed by atoms with Crippen LogP contribution in [0.5, 0.6) is 0 Å². The van der Waals surface area contributed by atoms with Gasteiger partial charge in [0, 0.05) is 36.8 Å². The number of carbonyl (C=O) groups excluding carboxylic acids is 1. The van der Waals surface area contributed by atoms with Gasteiger partial charge in [0.25, 0.3) is 0 Å². The number of hydrogen-bond acceptors (Lipinski definition) is 9. The van der Waals surface area contributed by atoms with Crippen molar-refractivity contribution in [3.8, 4) is 6.07 Å². The summed E-state index contributed by atoms with van der Waals surface area (Å²) in [7, 11) is 0. The molecule has 2 atom stereocenters. The summed E-state index contributed by atoms with van der Waals surface area (Å²) >= 11 is 0. The van der Waals surface area contributed by atoms with Crippen LogP contribution in [0.25, 0.3) is 0 Å². The summed E-state index contributed by atoms with van der Waals surface area (Å²) in [6.07, 6.45) is 8.86. The smallest absolute Gasteiger partial charge is 0.407 e. The third kappa shape index (κ3) is 9.11. The monoisotopic (exact) mass is 504 g/mol. The summed E-state index contributed by atoms with van der Waals surface area (Å²) in [5, 5.41) is 30.3. The number of pyridine rings is 1. The van der Waals surface area contributed by atoms with Crippen molar-refractivity contribution in [3.63, 3.8) is 0 Å². The molecule has 1 saturated carbocycles. The Balaban J connectivity index is 1.65. The van der Waals surface area contributed by atoms with Gasteiger partial charge in [0.2, 0.25) is 0 Å². The van der Waals surface area contributed by atoms with Gasteiger partial charge in [-0.05, 0) is 64.2 Å². The lowest BCUT2D eigenvalue weighted by Gasteiger charge is -2.33. The summed E-state index contributed by atoms with van der Waals surface area (Å²) in [5.74, 6) is 1.09. The number of rotatable bonds is 10. The van der Waals surface area contributed by atoms with Gasteiger partial charge in [0.15, 0.2) is 0 Å². The van der Waals surface area contributed by atoms with Crippen LogP contribution in [-0.2, 0) is 4.74 Å². The fourth-order valence-electron chi connectivity index (χ4n) is 4.30. The zero-order valence-corrected chi connectivity index (χ0v) is 21.7. The van der Waals surface area contributed by atoms with E-state index in [2.05, 4.69) is 37.5 Å². The first-order valence-electron chi connectivity index (χ1n) is 12.6. The Morgan fingerprint density at radius 1 is 1.27 bits per heavy atom. The highest BCUT2D eigenvalue weighted by atomic mass is 16.6. The number of nitrogens with zero attached hydrogens (tertiary/aromatic N) is 3. The van der Waals surface area contributed by atoms with E-state index < -0.39 is 11.7 Å². The third-order valence-electron chi connectivity index (χ3n) is 5.93. The summed E-state index contributed by atoms with van der Waals surface area (Å²) in [5.41, 5.74) is 4.97. The number of nitrogens with one attached hydrogen (secondary N) is 5. The second-order valence-electron chi connectivity index (χ2n) is 10.0. The van der Waals surface area contributed by atoms with Gasteiger partial charge in [-0.1, -0.05) is 18.9 Å². The molecule has 3 rings (SSSR count). The van der Waals surface area contributed by atoms with Crippen molar-refractivity contribution in [2.75, 3.05) is 22.6 Å². The molecule has 10 nitrogen and oxygen atoms in total. The van der Waals surface area contributed by atoms with E-state index in [0.717, 1.165) is 49.7 Å². The van der Waals surface area contributed by atoms with E-state index in [9.17, 15) is 10.1 Å². The van der Waals surface area contributed by atoms with Crippen LogP contribution >= 0.6 is 0 Å². The first kappa shape index (κ1) is 27.5. The largest absolute Gasteiger partial charge is 0.444 e. The van der Waals surface area contributed by atoms with Crippen LogP contribution in [0.3, 0.4) is 0 Å². The van der Waals surface area contributed by atoms with Crippen LogP contribution in [0, 0.1) is 22.7 Å². The third-order valence-corrected chi connectivity index (χ3v) is 5.93. The van der Waals surface area contributed by atoms with Crippen molar-refractivity contribution in [1.82, 2.24) is 10.3 Å². The van der Waals surface area contributed by atoms with E-state index in [1.54, 1.807) is 6.20 Å². The maximum Gasteiger partial charge on any atom is 0.407 e. The number of nitriles is 1. The molecule has 0 bridgehead atoms. The molecule has 0 aliphatic heterocycles. The van der Waals surface area contributed by atoms with E-state index in [0.29, 0.717) is 29.5 Å². The number of aromatic nitrogens is 1. The zero-order valence-electron chi connectivity index (χ0n) is 21.7. The second-order valence-corrected chi connectivity index (χ2v) is 10.0. The van der Waals surface area contributed by atoms with Gasteiger partial charge in [-0.25, -0.2) is 9.78 Å². The number of benzene rings is 1. The van der Waals surface area contributed by atoms with Gasteiger partial charge in [-0.3, -0.25) is 5.43 Å². The van der Waals surface area contributed by atoms with Crippen molar-refractivity contribution < 1.29 is 9.53 Å². The van der Waals surface area contributed by atoms with E-state index >= 15 is 0 Å². The number of hydrazone groups is 1. The highest BCUT2D eigenvalue weighted by Crippen LogP contribution is 2.31. The van der Waals surface area contributed by atoms with E-state index in [4.69, 9.17) is 10.1 Å². The van der Waals surface area contributed by atoms with Crippen LogP contribution in [-0.4, -0.2) is 41.7 Å². The fraction of sp³-hybridized carbons (Fsp3) is 0.444. The number of alkyl carbamates (subject to hydrolysis) is 1. The number of hydrogen-bond donors (Lipinski definition) is 5. The minimum Gasteiger partial charge on any atom is -0.444 e. The minimum atomic E-state index is -0.515. The Morgan fingerprint density at radius 3 is 2.81 bits per heavy atom. The van der Waals surface area contributed by atoms with Crippen molar-refractivity contribution in [2.24, 2.45) is 11.0 Å². The van der Waals surface area contributed by atoms with Crippen molar-refractivity contribution >= 4 is 41.4 Å². The summed E-state index contributed by atoms with van der Waals surface area (Å²) < 4.78 is 5.34. The normalized spacial score (nSPS) is 17.5. The minimum absolute atomic E-state index is 0.224. The second kappa shape index (κ2) is 13.3. The van der Waals surface area contributed by atoms with Gasteiger partial charge in [-0.15, -0.1) is 0 Å². The Labute approximate surface area is 218 Å². The van der Waals surface area contributed by atoms with Crippen molar-refractivity contribution in [1.29, 1.82) is 10.7 Å². The average Bonchev–Trinajstić information content (AvgIpc) is 2.85. The lowest BCUT2D eigenvalue weighted by Crippen LogP contribution is -2.37. The van der Waals surface area contributed by atoms with Crippen molar-refractivity contribution in [3.05, 3.63) is 42.1 Å². The molecule has 1 fully saturated rings. The lowest BCUT2D eigenvalue weighted by molar-refractivity contribution is 0.0523. The summed E-state index contributed by atoms with van der Waals surface area (Å²) in [4.78, 5) is 16.5. The molecule has 0 unspecified atom stereocenters. The molecule has 2 aromatic rings. The highest BCUT2D eigenvalue weighted by Gasteiger charge is 2.26. The standard InChI is InChI=1S/C27H36N8O2/c1-27(2,3)37-26(36)30-13-11-19-7-4-5-10-23(19)34-25-16-24(20(17-29)18-31-25)33-21-8-6-9-22(15-21)35-32-14-12-28/h6,8-9,12,14-16,18-19,23,28,35H,4-5,7,10-11,13H2,1-3H3,(H,30,36)(H2,31,33,34)/b28-12?,32-14-/t19-,23-/m1/s1. The lowest BCUT2D eigenvalue weighted by atomic mass is 9.82. The Morgan fingerprint density at radius 2 is 2.05 bits per heavy atom. The zero-order chi connectivity index (χ0) is 26.7. The van der Waals surface area contributed by atoms with Crippen LogP contribution in [0.15, 0.2) is 41.6 Å². The Hall–Kier alpha value is -4.13. The summed E-state index contributed by atoms with van der Waals surface area (Å²) in [6, 6.07) is 11.8. The molecule has 0 saturated heterocycles. The molecule has 0 spiro atoms. The first-order valence-corrected chi connectivity index (χ1v) is 12.6. The van der Waals surface area contributed by atoms with Crippen LogP contribution in [0.2, 0.25) is 0 Å². The molecule has 1 amide bonds. The molecule has 5 N–H and O–H groups in total. The average molecular weight is 505 g/mol. The van der Waals surface area contributed by atoms with Gasteiger partial charge in [0.05, 0.1) is 23.2 Å². The molecule has 0 radical (unpaired) electrons. The van der Waals surface area contributed by atoms with E-state index in [-0.39, 0.29) is 6.04 Å². The van der Waals surface area contributed by atoms with E-state index in [1.165, 1.54) is 6.21 Å². The topological polar surface area (TPSA) is 147 Å². The van der Waals surface area contributed by atoms with E-state index in [1.807, 2.05) is 51.1 Å². The fourth-order valence-corrected chi connectivity index (χ4v) is 4.30. The molecule has 1 aromatic carbocycles. The van der Waals surface area contributed by atoms with Gasteiger partial charge >= 0.3 is 6.09 Å². The predicted molar refractivity (Wildman–Crippen MR) is 148 cm³/mol. The SMILES string of the molecule is CC(C)(C)OC(=O)NCC[C@H]1CCCC[C@H]1Nc1cc(Nc2cccc(N/N=C\C=N)c2)c(C#N)cn1. The van der Waals surface area contributed by atoms with Crippen LogP contribution < -0.4 is 21.4 Å². The molecule has 196 valence electrons. The highest BCUT2D eigenvalue weighted by molar-refractivity contribution is 6.14. The van der Waals surface area contributed by atoms with Crippen LogP contribution in [0.4, 0.5) is 27.7 Å². The van der Waals surface area contributed by atoms with Gasteiger partial charge in [0.1, 0.15) is 17.5 Å². The number of amides is 1. The summed E-state index contributed by atoms with van der Waals surface area (Å²) in [6.45, 7) is 6.11. The number of anilines is 4. The predicted octanol–water partition coefficient (Wildman–Crippen LogP) is 5.63. The molecular weight excluding hydrogens is 468 g/mol. The molecular formula is C27H36N8O2. The molecule has 10 heteroatoms. The van der Waals surface area contributed by atoms with Gasteiger partial charge in [-0.2, -0.15) is 10.4 Å². The first-order chi connectivity index (χ1) is 17.8. The maximum atomic E-state index is 12.0. The molecule has 1 aliphatic rings. The quantitative estimate of drug-likeness (QED) is 0.208. The molecule has 1 aliphatic carbocycles. The molecule has 1 heterocycles. The van der Waals surface area contributed by atoms with Gasteiger partial charge < -0.3 is 26.1 Å². The van der Waals surface area contributed by atoms with Crippen molar-refractivity contribution in [2.45, 2.75) is 64.5 Å². The Bertz CT molecular complexity index is 1140. The number of ether oxygens (including phenoxy) is 1. The molecule has 1 aromatic heterocycles. The maximum absolute atomic E-state index is 12.0.